The predicted octanol–water partition coefficient (Wildman–Crippen LogP) is 2.58. The van der Waals surface area contributed by atoms with Crippen molar-refractivity contribution >= 4 is 0 Å². The number of nitrogens with one attached hydrogen (secondary N) is 1. The van der Waals surface area contributed by atoms with Crippen molar-refractivity contribution in [3.05, 3.63) is 0 Å². The summed E-state index contributed by atoms with van der Waals surface area (Å²) in [5, 5.41) is 3.28. The highest BCUT2D eigenvalue weighted by Crippen LogP contribution is 2.03. The molecule has 0 spiro atoms. The first-order chi connectivity index (χ1) is 6.24. The lowest BCUT2D eigenvalue weighted by molar-refractivity contribution is 0.0439. The number of hydrogen-bond donors (Lipinski definition) is 1. The minimum absolute atomic E-state index is 0.415. The van der Waals surface area contributed by atoms with Crippen LogP contribution in [0.2, 0.25) is 0 Å². The molecule has 0 radical (unpaired) electrons. The van der Waals surface area contributed by atoms with E-state index >= 15 is 0 Å². The molecule has 80 valence electrons. The zero-order valence-corrected chi connectivity index (χ0v) is 9.60. The Morgan fingerprint density at radius 3 is 2.23 bits per heavy atom. The van der Waals surface area contributed by atoms with Crippen LogP contribution in [0.3, 0.4) is 0 Å². The van der Waals surface area contributed by atoms with Gasteiger partial charge < -0.3 is 10.1 Å². The van der Waals surface area contributed by atoms with Crippen LogP contribution >= 0.6 is 0 Å². The Morgan fingerprint density at radius 2 is 1.77 bits per heavy atom. The Labute approximate surface area is 83.1 Å². The van der Waals surface area contributed by atoms with E-state index in [-0.39, 0.29) is 0 Å². The zero-order chi connectivity index (χ0) is 10.1. The normalized spacial score (nSPS) is 15.7. The molecular weight excluding hydrogens is 162 g/mol. The number of hydrogen-bond acceptors (Lipinski definition) is 2. The van der Waals surface area contributed by atoms with E-state index in [4.69, 9.17) is 4.74 Å². The molecule has 0 heterocycles. The number of likely N-dealkylation sites (N-methyl/N-ethyl adjacent to an activating group) is 1. The van der Waals surface area contributed by atoms with E-state index in [0.29, 0.717) is 12.1 Å². The standard InChI is InChI=1S/C11H25NO/c1-5-7-10(3)13-9-11(12-4)8-6-2/h10-12H,5-9H2,1-4H3. The molecule has 0 rings (SSSR count). The molecule has 0 saturated heterocycles. The lowest BCUT2D eigenvalue weighted by atomic mass is 10.2. The van der Waals surface area contributed by atoms with Crippen LogP contribution in [0.5, 0.6) is 0 Å². The fourth-order valence-electron chi connectivity index (χ4n) is 1.43. The summed E-state index contributed by atoms with van der Waals surface area (Å²) < 4.78 is 5.73. The van der Waals surface area contributed by atoms with E-state index < -0.39 is 0 Å². The van der Waals surface area contributed by atoms with Crippen LogP contribution in [0.4, 0.5) is 0 Å². The summed E-state index contributed by atoms with van der Waals surface area (Å²) in [4.78, 5) is 0. The van der Waals surface area contributed by atoms with Crippen LogP contribution in [0, 0.1) is 0 Å². The second kappa shape index (κ2) is 8.52. The number of rotatable bonds is 8. The SMILES string of the molecule is CCCC(COC(C)CCC)NC. The summed E-state index contributed by atoms with van der Waals surface area (Å²) in [5.41, 5.74) is 0. The Balaban J connectivity index is 3.46. The molecule has 0 aromatic heterocycles. The highest BCUT2D eigenvalue weighted by Gasteiger charge is 2.07. The Hall–Kier alpha value is -0.0800. The maximum absolute atomic E-state index is 5.73. The van der Waals surface area contributed by atoms with Crippen molar-refractivity contribution in [1.82, 2.24) is 5.32 Å². The van der Waals surface area contributed by atoms with Gasteiger partial charge in [-0.2, -0.15) is 0 Å². The minimum Gasteiger partial charge on any atom is -0.377 e. The molecule has 0 aromatic rings. The molecule has 2 atom stereocenters. The highest BCUT2D eigenvalue weighted by atomic mass is 16.5. The Morgan fingerprint density at radius 1 is 1.15 bits per heavy atom. The third-order valence-corrected chi connectivity index (χ3v) is 2.32. The van der Waals surface area contributed by atoms with Crippen molar-refractivity contribution in [1.29, 1.82) is 0 Å². The van der Waals surface area contributed by atoms with Gasteiger partial charge in [0, 0.05) is 6.04 Å². The molecule has 0 bridgehead atoms. The predicted molar refractivity (Wildman–Crippen MR) is 58.1 cm³/mol. The van der Waals surface area contributed by atoms with Gasteiger partial charge in [-0.05, 0) is 26.8 Å². The first-order valence-electron chi connectivity index (χ1n) is 5.53. The van der Waals surface area contributed by atoms with Crippen LogP contribution in [0.15, 0.2) is 0 Å². The summed E-state index contributed by atoms with van der Waals surface area (Å²) in [5.74, 6) is 0. The molecule has 0 aliphatic rings. The maximum atomic E-state index is 5.73. The van der Waals surface area contributed by atoms with Gasteiger partial charge in [-0.1, -0.05) is 26.7 Å². The van der Waals surface area contributed by atoms with Crippen molar-refractivity contribution in [3.63, 3.8) is 0 Å². The van der Waals surface area contributed by atoms with E-state index in [2.05, 4.69) is 26.1 Å². The van der Waals surface area contributed by atoms with Crippen molar-refractivity contribution in [2.75, 3.05) is 13.7 Å². The largest absolute Gasteiger partial charge is 0.377 e. The fraction of sp³-hybridized carbons (Fsp3) is 1.00. The molecule has 0 fully saturated rings. The second-order valence-electron chi connectivity index (χ2n) is 3.71. The monoisotopic (exact) mass is 187 g/mol. The van der Waals surface area contributed by atoms with E-state index in [0.717, 1.165) is 6.61 Å². The van der Waals surface area contributed by atoms with Crippen LogP contribution in [0.25, 0.3) is 0 Å². The summed E-state index contributed by atoms with van der Waals surface area (Å²) >= 11 is 0. The van der Waals surface area contributed by atoms with Gasteiger partial charge in [0.25, 0.3) is 0 Å². The van der Waals surface area contributed by atoms with Gasteiger partial charge in [-0.15, -0.1) is 0 Å². The first-order valence-corrected chi connectivity index (χ1v) is 5.53. The van der Waals surface area contributed by atoms with Gasteiger partial charge in [0.1, 0.15) is 0 Å². The molecular formula is C11H25NO. The van der Waals surface area contributed by atoms with Crippen LogP contribution in [-0.4, -0.2) is 25.8 Å². The van der Waals surface area contributed by atoms with Crippen molar-refractivity contribution in [3.8, 4) is 0 Å². The van der Waals surface area contributed by atoms with Gasteiger partial charge in [-0.25, -0.2) is 0 Å². The molecule has 2 heteroatoms. The molecule has 0 aromatic carbocycles. The van der Waals surface area contributed by atoms with Crippen molar-refractivity contribution < 1.29 is 4.74 Å². The first kappa shape index (κ1) is 12.9. The van der Waals surface area contributed by atoms with Gasteiger partial charge in [-0.3, -0.25) is 0 Å². The molecule has 0 aliphatic heterocycles. The molecule has 2 nitrogen and oxygen atoms in total. The summed E-state index contributed by atoms with van der Waals surface area (Å²) in [6, 6.07) is 0.532. The molecule has 13 heavy (non-hydrogen) atoms. The Kier molecular flexibility index (Phi) is 8.46. The quantitative estimate of drug-likeness (QED) is 0.630. The minimum atomic E-state index is 0.415. The lowest BCUT2D eigenvalue weighted by Gasteiger charge is -2.18. The topological polar surface area (TPSA) is 21.3 Å². The van der Waals surface area contributed by atoms with E-state index in [1.807, 2.05) is 7.05 Å². The van der Waals surface area contributed by atoms with Gasteiger partial charge in [0.05, 0.1) is 12.7 Å². The molecule has 0 saturated carbocycles. The van der Waals surface area contributed by atoms with Crippen LogP contribution in [0.1, 0.15) is 46.5 Å². The maximum Gasteiger partial charge on any atom is 0.0623 e. The van der Waals surface area contributed by atoms with Crippen LogP contribution < -0.4 is 5.32 Å². The van der Waals surface area contributed by atoms with E-state index in [1.54, 1.807) is 0 Å². The lowest BCUT2D eigenvalue weighted by Crippen LogP contribution is -2.31. The third kappa shape index (κ3) is 7.03. The van der Waals surface area contributed by atoms with Gasteiger partial charge >= 0.3 is 0 Å². The van der Waals surface area contributed by atoms with E-state index in [9.17, 15) is 0 Å². The van der Waals surface area contributed by atoms with Crippen molar-refractivity contribution in [2.45, 2.75) is 58.6 Å². The molecule has 2 unspecified atom stereocenters. The second-order valence-corrected chi connectivity index (χ2v) is 3.71. The highest BCUT2D eigenvalue weighted by molar-refractivity contribution is 4.63. The van der Waals surface area contributed by atoms with Crippen LogP contribution in [-0.2, 0) is 4.74 Å². The zero-order valence-electron chi connectivity index (χ0n) is 9.60. The van der Waals surface area contributed by atoms with Crippen molar-refractivity contribution in [2.24, 2.45) is 0 Å². The van der Waals surface area contributed by atoms with E-state index in [1.165, 1.54) is 25.7 Å². The average molecular weight is 187 g/mol. The third-order valence-electron chi connectivity index (χ3n) is 2.32. The van der Waals surface area contributed by atoms with Gasteiger partial charge in [0.2, 0.25) is 0 Å². The Bertz CT molecular complexity index is 106. The summed E-state index contributed by atoms with van der Waals surface area (Å²) in [6.45, 7) is 7.41. The smallest absolute Gasteiger partial charge is 0.0623 e. The average Bonchev–Trinajstić information content (AvgIpc) is 2.12. The fourth-order valence-corrected chi connectivity index (χ4v) is 1.43. The molecule has 0 amide bonds. The van der Waals surface area contributed by atoms with Gasteiger partial charge in [0.15, 0.2) is 0 Å². The summed E-state index contributed by atoms with van der Waals surface area (Å²) in [6.07, 6.45) is 5.21. The molecule has 0 aliphatic carbocycles. The molecule has 1 N–H and O–H groups in total. The summed E-state index contributed by atoms with van der Waals surface area (Å²) in [7, 11) is 2.01. The number of ether oxygens (including phenoxy) is 1.